The average molecular weight is 434 g/mol. The van der Waals surface area contributed by atoms with Crippen molar-refractivity contribution in [2.45, 2.75) is 6.42 Å². The highest BCUT2D eigenvalue weighted by atomic mass is 16.4. The summed E-state index contributed by atoms with van der Waals surface area (Å²) in [6, 6.07) is 0. The summed E-state index contributed by atoms with van der Waals surface area (Å²) in [4.78, 5) is 47.4. The number of rotatable bonds is 20. The molecular formula is C17H34N6O7. The molecule has 0 spiro atoms. The fraction of sp³-hybridized carbons (Fsp3) is 0.765. The molecule has 0 unspecified atom stereocenters. The number of carboxylic acid groups (broad SMARTS) is 3. The van der Waals surface area contributed by atoms with Gasteiger partial charge in [-0.1, -0.05) is 0 Å². The number of carboxylic acids is 3. The van der Waals surface area contributed by atoms with E-state index >= 15 is 0 Å². The minimum Gasteiger partial charge on any atom is -0.480 e. The number of hydrogen-bond donors (Lipinski definition) is 7. The maximum Gasteiger partial charge on any atom is 0.317 e. The Bertz CT molecular complexity index is 535. The number of nitrogens with two attached hydrogens (primary N) is 1. The van der Waals surface area contributed by atoms with E-state index in [1.807, 2.05) is 0 Å². The van der Waals surface area contributed by atoms with Gasteiger partial charge < -0.3 is 37.0 Å². The van der Waals surface area contributed by atoms with Crippen molar-refractivity contribution in [3.63, 3.8) is 0 Å². The fourth-order valence-corrected chi connectivity index (χ4v) is 2.59. The molecule has 13 nitrogen and oxygen atoms in total. The summed E-state index contributed by atoms with van der Waals surface area (Å²) in [5.41, 5.74) is 5.30. The highest BCUT2D eigenvalue weighted by Gasteiger charge is 2.13. The molecule has 0 saturated heterocycles. The Labute approximate surface area is 175 Å². The Morgan fingerprint density at radius 2 is 1.20 bits per heavy atom. The molecule has 0 aromatic carbocycles. The number of aliphatic carboxylic acids is 3. The average Bonchev–Trinajstić information content (AvgIpc) is 2.65. The lowest BCUT2D eigenvalue weighted by Gasteiger charge is -2.24. The van der Waals surface area contributed by atoms with Crippen molar-refractivity contribution in [1.29, 1.82) is 0 Å². The summed E-state index contributed by atoms with van der Waals surface area (Å²) in [6.45, 7) is 2.67. The van der Waals surface area contributed by atoms with Crippen LogP contribution in [0.15, 0.2) is 0 Å². The maximum atomic E-state index is 11.5. The van der Waals surface area contributed by atoms with Crippen LogP contribution in [0, 0.1) is 0 Å². The Kier molecular flexibility index (Phi) is 16.2. The van der Waals surface area contributed by atoms with Gasteiger partial charge in [0.05, 0.1) is 26.2 Å². The van der Waals surface area contributed by atoms with Crippen molar-refractivity contribution in [2.24, 2.45) is 5.73 Å². The van der Waals surface area contributed by atoms with E-state index in [1.54, 1.807) is 9.80 Å². The summed E-state index contributed by atoms with van der Waals surface area (Å²) in [7, 11) is 0. The molecular weight excluding hydrogens is 400 g/mol. The molecule has 0 atom stereocenters. The van der Waals surface area contributed by atoms with E-state index in [0.717, 1.165) is 0 Å². The largest absolute Gasteiger partial charge is 0.480 e. The lowest BCUT2D eigenvalue weighted by atomic mass is 10.3. The number of carbonyl (C=O) groups is 4. The van der Waals surface area contributed by atoms with Gasteiger partial charge in [-0.2, -0.15) is 0 Å². The van der Waals surface area contributed by atoms with Crippen molar-refractivity contribution in [3.8, 4) is 0 Å². The smallest absolute Gasteiger partial charge is 0.317 e. The molecule has 30 heavy (non-hydrogen) atoms. The van der Waals surface area contributed by atoms with Gasteiger partial charge in [0.1, 0.15) is 0 Å². The van der Waals surface area contributed by atoms with Gasteiger partial charge in [0.25, 0.3) is 0 Å². The van der Waals surface area contributed by atoms with Gasteiger partial charge >= 0.3 is 17.9 Å². The third-order valence-corrected chi connectivity index (χ3v) is 3.90. The molecule has 0 bridgehead atoms. The van der Waals surface area contributed by atoms with Gasteiger partial charge in [0.15, 0.2) is 0 Å². The molecule has 0 aliphatic rings. The van der Waals surface area contributed by atoms with E-state index < -0.39 is 17.9 Å². The third kappa shape index (κ3) is 17.8. The summed E-state index contributed by atoms with van der Waals surface area (Å²) in [5.74, 6) is -3.15. The number of nitrogens with one attached hydrogen (secondary N) is 3. The lowest BCUT2D eigenvalue weighted by molar-refractivity contribution is -0.139. The number of amides is 1. The summed E-state index contributed by atoms with van der Waals surface area (Å²) < 4.78 is 0. The molecule has 0 aromatic heterocycles. The summed E-state index contributed by atoms with van der Waals surface area (Å²) in [6.07, 6.45) is 0.538. The summed E-state index contributed by atoms with van der Waals surface area (Å²) in [5, 5.41) is 34.9. The van der Waals surface area contributed by atoms with Gasteiger partial charge in [-0.3, -0.25) is 29.0 Å². The molecule has 0 rings (SSSR count). The van der Waals surface area contributed by atoms with Crippen molar-refractivity contribution in [2.75, 3.05) is 78.5 Å². The Morgan fingerprint density at radius 1 is 0.700 bits per heavy atom. The zero-order valence-electron chi connectivity index (χ0n) is 17.1. The van der Waals surface area contributed by atoms with E-state index in [0.29, 0.717) is 58.8 Å². The van der Waals surface area contributed by atoms with Crippen LogP contribution in [0.4, 0.5) is 0 Å². The first-order valence-corrected chi connectivity index (χ1v) is 9.72. The number of carbonyl (C=O) groups excluding carboxylic acids is 1. The van der Waals surface area contributed by atoms with E-state index in [1.165, 1.54) is 0 Å². The standard InChI is InChI=1S/C17H34N6O7/c18-2-3-21-14(24)10-19-4-8-22(12-16(27)28)6-1-7-23(13-17(29)30)9-5-20-11-15(25)26/h19-20H,1-13,18H2,(H,21,24)(H,25,26)(H,27,28)(H,29,30). The molecule has 0 aromatic rings. The molecule has 0 fully saturated rings. The molecule has 0 aliphatic carbocycles. The summed E-state index contributed by atoms with van der Waals surface area (Å²) >= 11 is 0. The van der Waals surface area contributed by atoms with Crippen molar-refractivity contribution >= 4 is 23.8 Å². The van der Waals surface area contributed by atoms with Gasteiger partial charge in [0.2, 0.25) is 5.91 Å². The molecule has 0 saturated carbocycles. The maximum absolute atomic E-state index is 11.5. The van der Waals surface area contributed by atoms with E-state index in [4.69, 9.17) is 21.1 Å². The Morgan fingerprint density at radius 3 is 1.63 bits per heavy atom. The molecule has 13 heteroatoms. The van der Waals surface area contributed by atoms with Crippen LogP contribution in [0.3, 0.4) is 0 Å². The monoisotopic (exact) mass is 434 g/mol. The van der Waals surface area contributed by atoms with Crippen molar-refractivity contribution in [3.05, 3.63) is 0 Å². The second-order valence-electron chi connectivity index (χ2n) is 6.58. The minimum atomic E-state index is -0.993. The van der Waals surface area contributed by atoms with E-state index in [2.05, 4.69) is 16.0 Å². The van der Waals surface area contributed by atoms with Crippen LogP contribution in [-0.2, 0) is 19.2 Å². The predicted octanol–water partition coefficient (Wildman–Crippen LogP) is -3.51. The molecule has 174 valence electrons. The normalized spacial score (nSPS) is 11.0. The second-order valence-corrected chi connectivity index (χ2v) is 6.58. The highest BCUT2D eigenvalue weighted by molar-refractivity contribution is 5.77. The molecule has 0 radical (unpaired) electrons. The van der Waals surface area contributed by atoms with Crippen LogP contribution in [-0.4, -0.2) is 127 Å². The van der Waals surface area contributed by atoms with Crippen LogP contribution in [0.1, 0.15) is 6.42 Å². The first-order valence-electron chi connectivity index (χ1n) is 9.72. The molecule has 1 amide bonds. The van der Waals surface area contributed by atoms with E-state index in [9.17, 15) is 19.2 Å². The first kappa shape index (κ1) is 27.7. The number of nitrogens with zero attached hydrogens (tertiary/aromatic N) is 2. The van der Waals surface area contributed by atoms with Gasteiger partial charge in [0, 0.05) is 52.4 Å². The lowest BCUT2D eigenvalue weighted by Crippen LogP contribution is -2.42. The Balaban J connectivity index is 4.31. The quantitative estimate of drug-likeness (QED) is 0.0934. The topological polar surface area (TPSA) is 198 Å². The minimum absolute atomic E-state index is 0.108. The van der Waals surface area contributed by atoms with Crippen LogP contribution < -0.4 is 21.7 Å². The molecule has 0 heterocycles. The predicted molar refractivity (Wildman–Crippen MR) is 108 cm³/mol. The van der Waals surface area contributed by atoms with Crippen LogP contribution >= 0.6 is 0 Å². The van der Waals surface area contributed by atoms with Gasteiger partial charge in [-0.15, -0.1) is 0 Å². The highest BCUT2D eigenvalue weighted by Crippen LogP contribution is 1.96. The van der Waals surface area contributed by atoms with Crippen molar-refractivity contribution in [1.82, 2.24) is 25.8 Å². The van der Waals surface area contributed by atoms with Crippen LogP contribution in [0.25, 0.3) is 0 Å². The first-order chi connectivity index (χ1) is 14.2. The zero-order valence-corrected chi connectivity index (χ0v) is 17.1. The van der Waals surface area contributed by atoms with E-state index in [-0.39, 0.29) is 32.1 Å². The molecule has 0 aliphatic heterocycles. The van der Waals surface area contributed by atoms with Crippen LogP contribution in [0.5, 0.6) is 0 Å². The van der Waals surface area contributed by atoms with Crippen molar-refractivity contribution < 1.29 is 34.5 Å². The van der Waals surface area contributed by atoms with Crippen LogP contribution in [0.2, 0.25) is 0 Å². The van der Waals surface area contributed by atoms with Gasteiger partial charge in [-0.25, -0.2) is 0 Å². The zero-order chi connectivity index (χ0) is 22.8. The second kappa shape index (κ2) is 17.5. The third-order valence-electron chi connectivity index (χ3n) is 3.90. The van der Waals surface area contributed by atoms with Gasteiger partial charge in [-0.05, 0) is 6.42 Å². The number of hydrogen-bond acceptors (Lipinski definition) is 9. The fourth-order valence-electron chi connectivity index (χ4n) is 2.59. The molecule has 8 N–H and O–H groups in total. The Hall–Kier alpha value is -2.32. The SMILES string of the molecule is NCCNC(=O)CNCCN(CCCN(CCNCC(=O)O)CC(=O)O)CC(=O)O.